The van der Waals surface area contributed by atoms with Gasteiger partial charge in [-0.25, -0.2) is 4.98 Å². The first-order valence-corrected chi connectivity index (χ1v) is 9.34. The van der Waals surface area contributed by atoms with Gasteiger partial charge in [-0.05, 0) is 29.7 Å². The molecule has 4 rings (SSSR count). The lowest BCUT2D eigenvalue weighted by Gasteiger charge is -2.29. The predicted octanol–water partition coefficient (Wildman–Crippen LogP) is 2.71. The molecule has 6 nitrogen and oxygen atoms in total. The molecule has 0 saturated carbocycles. The third-order valence-corrected chi connectivity index (χ3v) is 4.99. The Kier molecular flexibility index (Phi) is 4.93. The molecule has 142 valence electrons. The van der Waals surface area contributed by atoms with Gasteiger partial charge in [0.1, 0.15) is 0 Å². The van der Waals surface area contributed by atoms with Crippen molar-refractivity contribution in [3.05, 3.63) is 83.4 Å². The van der Waals surface area contributed by atoms with Crippen molar-refractivity contribution in [1.29, 1.82) is 0 Å². The number of hydrogen-bond donors (Lipinski definition) is 1. The number of nitrogens with zero attached hydrogens (tertiary/aromatic N) is 3. The molecule has 1 aromatic heterocycles. The zero-order valence-corrected chi connectivity index (χ0v) is 15.8. The summed E-state index contributed by atoms with van der Waals surface area (Å²) >= 11 is 0. The van der Waals surface area contributed by atoms with Crippen LogP contribution in [0.4, 0.5) is 0 Å². The second kappa shape index (κ2) is 7.68. The van der Waals surface area contributed by atoms with E-state index in [4.69, 9.17) is 0 Å². The molecule has 0 unspecified atom stereocenters. The van der Waals surface area contributed by atoms with E-state index in [2.05, 4.69) is 22.4 Å². The van der Waals surface area contributed by atoms with Crippen LogP contribution in [-0.2, 0) is 24.3 Å². The van der Waals surface area contributed by atoms with Gasteiger partial charge >= 0.3 is 0 Å². The Labute approximate surface area is 163 Å². The first-order chi connectivity index (χ1) is 13.6. The summed E-state index contributed by atoms with van der Waals surface area (Å²) in [5, 5.41) is 2.74. The van der Waals surface area contributed by atoms with E-state index in [0.29, 0.717) is 25.2 Å². The molecule has 0 radical (unpaired) electrons. The maximum absolute atomic E-state index is 13.3. The van der Waals surface area contributed by atoms with Gasteiger partial charge in [0, 0.05) is 26.2 Å². The van der Waals surface area contributed by atoms with Crippen LogP contribution in [0.25, 0.3) is 5.69 Å². The quantitative estimate of drug-likeness (QED) is 0.764. The van der Waals surface area contributed by atoms with E-state index in [1.165, 1.54) is 18.1 Å². The number of hydrogen-bond acceptors (Lipinski definition) is 3. The lowest BCUT2D eigenvalue weighted by molar-refractivity contribution is -0.119. The summed E-state index contributed by atoms with van der Waals surface area (Å²) in [4.78, 5) is 30.6. The number of nitrogens with one attached hydrogen (secondary N) is 1. The molecule has 28 heavy (non-hydrogen) atoms. The van der Waals surface area contributed by atoms with Crippen LogP contribution < -0.4 is 5.32 Å². The Bertz CT molecular complexity index is 1020. The minimum absolute atomic E-state index is 0.0159. The summed E-state index contributed by atoms with van der Waals surface area (Å²) in [6.07, 6.45) is 4.39. The number of para-hydroxylation sites is 1. The Hall–Kier alpha value is -3.41. The van der Waals surface area contributed by atoms with Crippen molar-refractivity contribution in [1.82, 2.24) is 19.8 Å². The van der Waals surface area contributed by atoms with Gasteiger partial charge < -0.3 is 14.8 Å². The number of carbonyl (C=O) groups is 2. The van der Waals surface area contributed by atoms with Gasteiger partial charge in [0.2, 0.25) is 5.91 Å². The molecule has 1 N–H and O–H groups in total. The van der Waals surface area contributed by atoms with Crippen LogP contribution in [-0.4, -0.2) is 32.8 Å². The highest BCUT2D eigenvalue weighted by atomic mass is 16.2. The van der Waals surface area contributed by atoms with Crippen molar-refractivity contribution in [3.63, 3.8) is 0 Å². The molecule has 0 atom stereocenters. The SMILES string of the molecule is CC(=O)NCc1cn(-c2ccccc2C(=O)N2CCc3ccccc3C2)cn1. The summed E-state index contributed by atoms with van der Waals surface area (Å²) < 4.78 is 1.84. The third kappa shape index (κ3) is 3.67. The number of carbonyl (C=O) groups excluding carboxylic acids is 2. The highest BCUT2D eigenvalue weighted by Gasteiger charge is 2.23. The molecule has 0 bridgehead atoms. The predicted molar refractivity (Wildman–Crippen MR) is 106 cm³/mol. The number of rotatable bonds is 4. The monoisotopic (exact) mass is 374 g/mol. The van der Waals surface area contributed by atoms with Crippen LogP contribution >= 0.6 is 0 Å². The van der Waals surface area contributed by atoms with Gasteiger partial charge in [-0.1, -0.05) is 36.4 Å². The summed E-state index contributed by atoms with van der Waals surface area (Å²) in [6, 6.07) is 15.8. The van der Waals surface area contributed by atoms with Gasteiger partial charge in [0.15, 0.2) is 0 Å². The Balaban J connectivity index is 1.58. The molecule has 0 spiro atoms. The Morgan fingerprint density at radius 3 is 2.64 bits per heavy atom. The van der Waals surface area contributed by atoms with E-state index in [1.807, 2.05) is 52.1 Å². The van der Waals surface area contributed by atoms with Crippen molar-refractivity contribution in [2.24, 2.45) is 0 Å². The van der Waals surface area contributed by atoms with Gasteiger partial charge in [0.25, 0.3) is 5.91 Å². The number of fused-ring (bicyclic) bond motifs is 1. The van der Waals surface area contributed by atoms with Gasteiger partial charge in [0.05, 0.1) is 29.8 Å². The van der Waals surface area contributed by atoms with Crippen molar-refractivity contribution in [3.8, 4) is 5.69 Å². The molecule has 2 amide bonds. The van der Waals surface area contributed by atoms with E-state index < -0.39 is 0 Å². The topological polar surface area (TPSA) is 67.2 Å². The summed E-state index contributed by atoms with van der Waals surface area (Å²) in [7, 11) is 0. The van der Waals surface area contributed by atoms with Crippen molar-refractivity contribution in [2.45, 2.75) is 26.4 Å². The first-order valence-electron chi connectivity index (χ1n) is 9.34. The van der Waals surface area contributed by atoms with Gasteiger partial charge in [-0.3, -0.25) is 9.59 Å². The van der Waals surface area contributed by atoms with Crippen molar-refractivity contribution < 1.29 is 9.59 Å². The van der Waals surface area contributed by atoms with Crippen LogP contribution in [0.5, 0.6) is 0 Å². The van der Waals surface area contributed by atoms with Crippen LogP contribution in [0.15, 0.2) is 61.1 Å². The highest BCUT2D eigenvalue weighted by Crippen LogP contribution is 2.23. The molecule has 1 aliphatic rings. The molecule has 0 saturated heterocycles. The molecule has 2 aromatic carbocycles. The van der Waals surface area contributed by atoms with E-state index in [-0.39, 0.29) is 11.8 Å². The lowest BCUT2D eigenvalue weighted by Crippen LogP contribution is -2.36. The lowest BCUT2D eigenvalue weighted by atomic mass is 9.99. The van der Waals surface area contributed by atoms with E-state index in [9.17, 15) is 9.59 Å². The average Bonchev–Trinajstić information content (AvgIpc) is 3.20. The summed E-state index contributed by atoms with van der Waals surface area (Å²) in [6.45, 7) is 3.17. The Morgan fingerprint density at radius 1 is 1.07 bits per heavy atom. The largest absolute Gasteiger partial charge is 0.351 e. The number of benzene rings is 2. The molecule has 0 aliphatic carbocycles. The normalized spacial score (nSPS) is 13.1. The maximum atomic E-state index is 13.3. The van der Waals surface area contributed by atoms with Crippen LogP contribution in [0.2, 0.25) is 0 Å². The second-order valence-corrected chi connectivity index (χ2v) is 6.94. The summed E-state index contributed by atoms with van der Waals surface area (Å²) in [5.41, 5.74) is 4.69. The fourth-order valence-electron chi connectivity index (χ4n) is 3.52. The second-order valence-electron chi connectivity index (χ2n) is 6.94. The van der Waals surface area contributed by atoms with Crippen molar-refractivity contribution in [2.75, 3.05) is 6.54 Å². The molecule has 2 heterocycles. The number of imidazole rings is 1. The van der Waals surface area contributed by atoms with Gasteiger partial charge in [-0.15, -0.1) is 0 Å². The maximum Gasteiger partial charge on any atom is 0.256 e. The van der Waals surface area contributed by atoms with Crippen LogP contribution in [0.3, 0.4) is 0 Å². The number of amides is 2. The average molecular weight is 374 g/mol. The molecular formula is C22H22N4O2. The molecule has 0 fully saturated rings. The van der Waals surface area contributed by atoms with Crippen LogP contribution in [0, 0.1) is 0 Å². The molecule has 1 aliphatic heterocycles. The molecular weight excluding hydrogens is 352 g/mol. The smallest absolute Gasteiger partial charge is 0.256 e. The highest BCUT2D eigenvalue weighted by molar-refractivity contribution is 5.98. The van der Waals surface area contributed by atoms with E-state index >= 15 is 0 Å². The summed E-state index contributed by atoms with van der Waals surface area (Å²) in [5.74, 6) is -0.0854. The standard InChI is InChI=1S/C22H22N4O2/c1-16(27)23-12-19-14-26(15-24-19)21-9-5-4-8-20(21)22(28)25-11-10-17-6-2-3-7-18(17)13-25/h2-9,14-15H,10-13H2,1H3,(H,23,27). The van der Waals surface area contributed by atoms with E-state index in [1.54, 1.807) is 6.33 Å². The van der Waals surface area contributed by atoms with Crippen molar-refractivity contribution >= 4 is 11.8 Å². The fourth-order valence-corrected chi connectivity index (χ4v) is 3.52. The first kappa shape index (κ1) is 18.0. The minimum Gasteiger partial charge on any atom is -0.351 e. The fraction of sp³-hybridized carbons (Fsp3) is 0.227. The molecule has 3 aromatic rings. The zero-order valence-electron chi connectivity index (χ0n) is 15.8. The minimum atomic E-state index is -0.101. The number of aromatic nitrogens is 2. The third-order valence-electron chi connectivity index (χ3n) is 4.99. The Morgan fingerprint density at radius 2 is 1.82 bits per heavy atom. The van der Waals surface area contributed by atoms with Gasteiger partial charge in [-0.2, -0.15) is 0 Å². The van der Waals surface area contributed by atoms with E-state index in [0.717, 1.165) is 17.8 Å². The zero-order chi connectivity index (χ0) is 19.5. The molecule has 6 heteroatoms. The van der Waals surface area contributed by atoms with Crippen LogP contribution in [0.1, 0.15) is 34.1 Å².